The second-order valence-corrected chi connectivity index (χ2v) is 6.27. The van der Waals surface area contributed by atoms with Crippen LogP contribution in [0.5, 0.6) is 0 Å². The van der Waals surface area contributed by atoms with Crippen molar-refractivity contribution in [3.05, 3.63) is 58.0 Å². The third kappa shape index (κ3) is 4.39. The van der Waals surface area contributed by atoms with Gasteiger partial charge in [-0.1, -0.05) is 12.1 Å². The van der Waals surface area contributed by atoms with Crippen LogP contribution in [-0.2, 0) is 4.79 Å². The molecule has 2 aromatic rings. The molecule has 5 heteroatoms. The number of aliphatic hydroxyl groups excluding tert-OH is 1. The summed E-state index contributed by atoms with van der Waals surface area (Å²) in [5, 5.41) is 17.0. The summed E-state index contributed by atoms with van der Waals surface area (Å²) in [4.78, 5) is 12.2. The van der Waals surface area contributed by atoms with E-state index in [4.69, 9.17) is 0 Å². The molecule has 3 unspecified atom stereocenters. The van der Waals surface area contributed by atoms with Crippen molar-refractivity contribution >= 4 is 17.2 Å². The quantitative estimate of drug-likeness (QED) is 0.854. The first-order chi connectivity index (χ1) is 10.5. The molecule has 1 aromatic heterocycles. The van der Waals surface area contributed by atoms with Crippen molar-refractivity contribution in [1.29, 1.82) is 0 Å². The molecule has 118 valence electrons. The summed E-state index contributed by atoms with van der Waals surface area (Å²) in [6.07, 6.45) is -0.347. The summed E-state index contributed by atoms with van der Waals surface area (Å²) >= 11 is 1.56. The smallest absolute Gasteiger partial charge is 0.227 e. The number of rotatable bonds is 6. The molecule has 1 heterocycles. The number of halogens is 1. The maximum absolute atomic E-state index is 12.9. The van der Waals surface area contributed by atoms with Crippen LogP contribution in [0.25, 0.3) is 0 Å². The summed E-state index contributed by atoms with van der Waals surface area (Å²) < 4.78 is 12.9. The van der Waals surface area contributed by atoms with Gasteiger partial charge in [-0.25, -0.2) is 4.39 Å². The minimum atomic E-state index is -0.729. The lowest BCUT2D eigenvalue weighted by Crippen LogP contribution is -2.36. The van der Waals surface area contributed by atoms with Crippen molar-refractivity contribution < 1.29 is 14.3 Å². The highest BCUT2D eigenvalue weighted by molar-refractivity contribution is 7.08. The average Bonchev–Trinajstić information content (AvgIpc) is 3.00. The molecular formula is C17H20FNO2S. The van der Waals surface area contributed by atoms with Gasteiger partial charge in [-0.15, -0.1) is 0 Å². The molecule has 0 aliphatic carbocycles. The van der Waals surface area contributed by atoms with E-state index in [1.807, 2.05) is 30.7 Å². The predicted octanol–water partition coefficient (Wildman–Crippen LogP) is 3.62. The number of carbonyl (C=O) groups excluding carboxylic acids is 1. The summed E-state index contributed by atoms with van der Waals surface area (Å²) in [7, 11) is 0. The lowest BCUT2D eigenvalue weighted by atomic mass is 10.0. The second kappa shape index (κ2) is 7.51. The number of nitrogens with one attached hydrogen (secondary N) is 1. The lowest BCUT2D eigenvalue weighted by molar-refractivity contribution is -0.123. The normalized spacial score (nSPS) is 15.1. The van der Waals surface area contributed by atoms with E-state index in [-0.39, 0.29) is 23.7 Å². The van der Waals surface area contributed by atoms with Crippen LogP contribution in [0, 0.1) is 5.82 Å². The Bertz CT molecular complexity index is 598. The Morgan fingerprint density at radius 3 is 2.50 bits per heavy atom. The predicted molar refractivity (Wildman–Crippen MR) is 86.3 cm³/mol. The van der Waals surface area contributed by atoms with Crippen LogP contribution in [0.3, 0.4) is 0 Å². The Morgan fingerprint density at radius 1 is 1.23 bits per heavy atom. The summed E-state index contributed by atoms with van der Waals surface area (Å²) in [6, 6.07) is 7.52. The van der Waals surface area contributed by atoms with E-state index in [1.165, 1.54) is 12.1 Å². The van der Waals surface area contributed by atoms with Crippen molar-refractivity contribution in [3.63, 3.8) is 0 Å². The Morgan fingerprint density at radius 2 is 1.91 bits per heavy atom. The molecule has 1 amide bonds. The highest BCUT2D eigenvalue weighted by Gasteiger charge is 2.19. The van der Waals surface area contributed by atoms with Crippen LogP contribution < -0.4 is 5.32 Å². The Hall–Kier alpha value is -1.72. The first-order valence-electron chi connectivity index (χ1n) is 7.23. The van der Waals surface area contributed by atoms with Gasteiger partial charge in [-0.3, -0.25) is 4.79 Å². The van der Waals surface area contributed by atoms with Crippen molar-refractivity contribution in [2.24, 2.45) is 0 Å². The van der Waals surface area contributed by atoms with Gasteiger partial charge >= 0.3 is 0 Å². The molecule has 0 spiro atoms. The standard InChI is InChI=1S/C17H20FNO2S/c1-11(9-16(20)13-3-5-15(18)6-4-13)19-17(21)12(2)14-7-8-22-10-14/h3-8,10-12,16,20H,9H2,1-2H3,(H,19,21). The van der Waals surface area contributed by atoms with Crippen molar-refractivity contribution in [3.8, 4) is 0 Å². The molecule has 0 fully saturated rings. The lowest BCUT2D eigenvalue weighted by Gasteiger charge is -2.20. The van der Waals surface area contributed by atoms with E-state index in [9.17, 15) is 14.3 Å². The summed E-state index contributed by atoms with van der Waals surface area (Å²) in [5.74, 6) is -0.601. The van der Waals surface area contributed by atoms with Crippen molar-refractivity contribution in [2.45, 2.75) is 38.3 Å². The fourth-order valence-corrected chi connectivity index (χ4v) is 3.01. The molecule has 0 saturated heterocycles. The largest absolute Gasteiger partial charge is 0.388 e. The zero-order valence-electron chi connectivity index (χ0n) is 12.6. The zero-order valence-corrected chi connectivity index (χ0v) is 13.4. The van der Waals surface area contributed by atoms with Gasteiger partial charge in [0.15, 0.2) is 0 Å². The monoisotopic (exact) mass is 321 g/mol. The van der Waals surface area contributed by atoms with Gasteiger partial charge < -0.3 is 10.4 Å². The first-order valence-corrected chi connectivity index (χ1v) is 8.17. The number of carbonyl (C=O) groups is 1. The van der Waals surface area contributed by atoms with E-state index in [0.29, 0.717) is 12.0 Å². The third-order valence-electron chi connectivity index (χ3n) is 3.66. The molecule has 0 bridgehead atoms. The fraction of sp³-hybridized carbons (Fsp3) is 0.353. The third-order valence-corrected chi connectivity index (χ3v) is 4.36. The van der Waals surface area contributed by atoms with Gasteiger partial charge in [0, 0.05) is 6.04 Å². The molecule has 1 aromatic carbocycles. The number of hydrogen-bond donors (Lipinski definition) is 2. The Balaban J connectivity index is 1.88. The molecule has 0 aliphatic rings. The van der Waals surface area contributed by atoms with Crippen molar-refractivity contribution in [2.75, 3.05) is 0 Å². The average molecular weight is 321 g/mol. The van der Waals surface area contributed by atoms with Gasteiger partial charge in [0.2, 0.25) is 5.91 Å². The first kappa shape index (κ1) is 16.6. The van der Waals surface area contributed by atoms with Crippen LogP contribution in [0.15, 0.2) is 41.1 Å². The zero-order chi connectivity index (χ0) is 16.1. The number of benzene rings is 1. The molecule has 0 saturated carbocycles. The molecule has 0 radical (unpaired) electrons. The number of amides is 1. The molecule has 2 N–H and O–H groups in total. The van der Waals surface area contributed by atoms with Gasteiger partial charge in [0.1, 0.15) is 5.82 Å². The van der Waals surface area contributed by atoms with E-state index in [2.05, 4.69) is 5.32 Å². The SMILES string of the molecule is CC(CC(O)c1ccc(F)cc1)NC(=O)C(C)c1ccsc1. The van der Waals surface area contributed by atoms with Crippen LogP contribution >= 0.6 is 11.3 Å². The second-order valence-electron chi connectivity index (χ2n) is 5.49. The fourth-order valence-electron chi connectivity index (χ4n) is 2.26. The van der Waals surface area contributed by atoms with Crippen LogP contribution in [0.1, 0.15) is 43.4 Å². The van der Waals surface area contributed by atoms with E-state index < -0.39 is 6.10 Å². The molecule has 0 aliphatic heterocycles. The highest BCUT2D eigenvalue weighted by atomic mass is 32.1. The highest BCUT2D eigenvalue weighted by Crippen LogP contribution is 2.21. The van der Waals surface area contributed by atoms with Crippen LogP contribution in [0.2, 0.25) is 0 Å². The Kier molecular flexibility index (Phi) is 5.69. The van der Waals surface area contributed by atoms with E-state index in [0.717, 1.165) is 5.56 Å². The molecular weight excluding hydrogens is 301 g/mol. The Labute approximate surface area is 133 Å². The van der Waals surface area contributed by atoms with Gasteiger partial charge in [-0.05, 0) is 60.4 Å². The number of hydrogen-bond acceptors (Lipinski definition) is 3. The van der Waals surface area contributed by atoms with Crippen molar-refractivity contribution in [1.82, 2.24) is 5.32 Å². The maximum atomic E-state index is 12.9. The molecule has 3 atom stereocenters. The summed E-state index contributed by atoms with van der Waals surface area (Å²) in [6.45, 7) is 3.71. The van der Waals surface area contributed by atoms with E-state index >= 15 is 0 Å². The minimum Gasteiger partial charge on any atom is -0.388 e. The summed E-state index contributed by atoms with van der Waals surface area (Å²) in [5.41, 5.74) is 1.64. The van der Waals surface area contributed by atoms with Gasteiger partial charge in [-0.2, -0.15) is 11.3 Å². The minimum absolute atomic E-state index is 0.0581. The van der Waals surface area contributed by atoms with Crippen LogP contribution in [-0.4, -0.2) is 17.1 Å². The molecule has 22 heavy (non-hydrogen) atoms. The maximum Gasteiger partial charge on any atom is 0.227 e. The molecule has 3 nitrogen and oxygen atoms in total. The number of thiophene rings is 1. The van der Waals surface area contributed by atoms with Crippen LogP contribution in [0.4, 0.5) is 4.39 Å². The topological polar surface area (TPSA) is 49.3 Å². The van der Waals surface area contributed by atoms with Gasteiger partial charge in [0.25, 0.3) is 0 Å². The van der Waals surface area contributed by atoms with E-state index in [1.54, 1.807) is 23.5 Å². The molecule has 2 rings (SSSR count). The van der Waals surface area contributed by atoms with Gasteiger partial charge in [0.05, 0.1) is 12.0 Å². The number of aliphatic hydroxyl groups is 1.